The number of nitrogens with one attached hydrogen (secondary N) is 1. The number of benzene rings is 2. The van der Waals surface area contributed by atoms with Gasteiger partial charge in [0, 0.05) is 11.3 Å². The summed E-state index contributed by atoms with van der Waals surface area (Å²) in [7, 11) is 1.47. The van der Waals surface area contributed by atoms with Gasteiger partial charge in [0.2, 0.25) is 5.91 Å². The molecule has 1 N–H and O–H groups in total. The lowest BCUT2D eigenvalue weighted by molar-refractivity contribution is -0.150. The Labute approximate surface area is 171 Å². The summed E-state index contributed by atoms with van der Waals surface area (Å²) < 4.78 is 9.91. The molecule has 2 aromatic rings. The predicted octanol–water partition coefficient (Wildman–Crippen LogP) is 2.06. The first-order valence-corrected chi connectivity index (χ1v) is 8.98. The molecule has 8 nitrogen and oxygen atoms in total. The topological polar surface area (TPSA) is 102 Å². The second kappa shape index (κ2) is 8.74. The minimum atomic E-state index is -0.867. The first-order valence-electron chi connectivity index (χ1n) is 8.60. The van der Waals surface area contributed by atoms with E-state index in [1.165, 1.54) is 13.2 Å². The standard InChI is InChI=1S/C20H17ClN2O6/c1-28-16-7-6-13(9-15(16)21)22-17(24)11-29-19(26)10-23-18(25)8-12-4-2-3-5-14(12)20(23)27/h2-7,9H,8,10-11H2,1H3,(H,22,24). The lowest BCUT2D eigenvalue weighted by Gasteiger charge is -2.25. The van der Waals surface area contributed by atoms with Crippen LogP contribution in [0, 0.1) is 0 Å². The zero-order valence-corrected chi connectivity index (χ0v) is 16.2. The van der Waals surface area contributed by atoms with Gasteiger partial charge >= 0.3 is 5.97 Å². The van der Waals surface area contributed by atoms with Crippen molar-refractivity contribution in [2.24, 2.45) is 0 Å². The van der Waals surface area contributed by atoms with Crippen molar-refractivity contribution in [3.8, 4) is 5.75 Å². The zero-order chi connectivity index (χ0) is 21.0. The fourth-order valence-corrected chi connectivity index (χ4v) is 3.08. The van der Waals surface area contributed by atoms with Crippen LogP contribution < -0.4 is 10.1 Å². The molecule has 9 heteroatoms. The molecule has 1 aliphatic heterocycles. The molecule has 150 valence electrons. The first kappa shape index (κ1) is 20.3. The Morgan fingerprint density at radius 3 is 2.66 bits per heavy atom. The summed E-state index contributed by atoms with van der Waals surface area (Å²) in [4.78, 5) is 49.4. The van der Waals surface area contributed by atoms with E-state index in [9.17, 15) is 19.2 Å². The largest absolute Gasteiger partial charge is 0.495 e. The molecule has 0 saturated heterocycles. The number of methoxy groups -OCH3 is 1. The highest BCUT2D eigenvalue weighted by Crippen LogP contribution is 2.27. The van der Waals surface area contributed by atoms with E-state index in [1.54, 1.807) is 36.4 Å². The van der Waals surface area contributed by atoms with Crippen molar-refractivity contribution in [1.82, 2.24) is 4.90 Å². The van der Waals surface area contributed by atoms with Crippen LogP contribution in [0.2, 0.25) is 5.02 Å². The quantitative estimate of drug-likeness (QED) is 0.571. The average molecular weight is 417 g/mol. The van der Waals surface area contributed by atoms with Crippen molar-refractivity contribution >= 4 is 41.0 Å². The summed E-state index contributed by atoms with van der Waals surface area (Å²) in [5.41, 5.74) is 1.38. The number of carbonyl (C=O) groups is 4. The third-order valence-corrected chi connectivity index (χ3v) is 4.52. The summed E-state index contributed by atoms with van der Waals surface area (Å²) in [5.74, 6) is -2.07. The second-order valence-electron chi connectivity index (χ2n) is 6.18. The van der Waals surface area contributed by atoms with Crippen LogP contribution in [0.5, 0.6) is 5.75 Å². The molecule has 29 heavy (non-hydrogen) atoms. The van der Waals surface area contributed by atoms with E-state index in [4.69, 9.17) is 21.1 Å². The van der Waals surface area contributed by atoms with Crippen molar-refractivity contribution in [3.63, 3.8) is 0 Å². The van der Waals surface area contributed by atoms with E-state index in [-0.39, 0.29) is 6.42 Å². The van der Waals surface area contributed by atoms with Gasteiger partial charge in [-0.1, -0.05) is 29.8 Å². The maximum absolute atomic E-state index is 12.4. The molecule has 0 aromatic heterocycles. The molecule has 0 atom stereocenters. The summed E-state index contributed by atoms with van der Waals surface area (Å²) in [6.07, 6.45) is 0.0217. The van der Waals surface area contributed by atoms with Crippen LogP contribution in [-0.4, -0.2) is 48.9 Å². The molecule has 0 saturated carbocycles. The van der Waals surface area contributed by atoms with Gasteiger partial charge in [-0.25, -0.2) is 0 Å². The van der Waals surface area contributed by atoms with E-state index < -0.39 is 36.8 Å². The number of anilines is 1. The third-order valence-electron chi connectivity index (χ3n) is 4.22. The Morgan fingerprint density at radius 2 is 1.93 bits per heavy atom. The second-order valence-corrected chi connectivity index (χ2v) is 6.58. The van der Waals surface area contributed by atoms with Gasteiger partial charge in [-0.2, -0.15) is 0 Å². The molecule has 0 fully saturated rings. The number of rotatable bonds is 6. The molecule has 0 bridgehead atoms. The van der Waals surface area contributed by atoms with Gasteiger partial charge in [-0.05, 0) is 29.8 Å². The van der Waals surface area contributed by atoms with Gasteiger partial charge in [-0.3, -0.25) is 24.1 Å². The van der Waals surface area contributed by atoms with E-state index in [0.29, 0.717) is 27.6 Å². The Morgan fingerprint density at radius 1 is 1.17 bits per heavy atom. The first-order chi connectivity index (χ1) is 13.9. The van der Waals surface area contributed by atoms with E-state index in [1.807, 2.05) is 0 Å². The molecule has 0 unspecified atom stereocenters. The normalized spacial score (nSPS) is 13.0. The molecular formula is C20H17ClN2O6. The van der Waals surface area contributed by atoms with Gasteiger partial charge < -0.3 is 14.8 Å². The van der Waals surface area contributed by atoms with Crippen molar-refractivity contribution in [2.75, 3.05) is 25.6 Å². The summed E-state index contributed by atoms with van der Waals surface area (Å²) in [6, 6.07) is 11.3. The lowest BCUT2D eigenvalue weighted by Crippen LogP contribution is -2.45. The minimum Gasteiger partial charge on any atom is -0.495 e. The van der Waals surface area contributed by atoms with Crippen LogP contribution in [0.15, 0.2) is 42.5 Å². The highest BCUT2D eigenvalue weighted by atomic mass is 35.5. The fraction of sp³-hybridized carbons (Fsp3) is 0.200. The van der Waals surface area contributed by atoms with Crippen molar-refractivity contribution in [3.05, 3.63) is 58.6 Å². The average Bonchev–Trinajstić information content (AvgIpc) is 2.70. The maximum Gasteiger partial charge on any atom is 0.326 e. The van der Waals surface area contributed by atoms with E-state index in [0.717, 1.165) is 4.90 Å². The smallest absolute Gasteiger partial charge is 0.326 e. The van der Waals surface area contributed by atoms with Crippen molar-refractivity contribution < 1.29 is 28.7 Å². The Hall–Kier alpha value is -3.39. The SMILES string of the molecule is COc1ccc(NC(=O)COC(=O)CN2C(=O)Cc3ccccc3C2=O)cc1Cl. The van der Waals surface area contributed by atoms with E-state index in [2.05, 4.69) is 5.32 Å². The van der Waals surface area contributed by atoms with Gasteiger partial charge in [0.05, 0.1) is 18.6 Å². The summed E-state index contributed by atoms with van der Waals surface area (Å²) >= 11 is 5.98. The maximum atomic E-state index is 12.4. The number of amides is 3. The number of halogens is 1. The van der Waals surface area contributed by atoms with Crippen molar-refractivity contribution in [2.45, 2.75) is 6.42 Å². The Kier molecular flexibility index (Phi) is 6.13. The zero-order valence-electron chi connectivity index (χ0n) is 15.4. The number of fused-ring (bicyclic) bond motifs is 1. The predicted molar refractivity (Wildman–Crippen MR) is 104 cm³/mol. The fourth-order valence-electron chi connectivity index (χ4n) is 2.82. The number of esters is 1. The molecule has 1 aliphatic rings. The van der Waals surface area contributed by atoms with Crippen LogP contribution in [0.1, 0.15) is 15.9 Å². The molecule has 2 aromatic carbocycles. The van der Waals surface area contributed by atoms with Gasteiger partial charge in [-0.15, -0.1) is 0 Å². The Balaban J connectivity index is 1.53. The molecule has 3 amide bonds. The van der Waals surface area contributed by atoms with Crippen LogP contribution in [0.4, 0.5) is 5.69 Å². The third kappa shape index (κ3) is 4.72. The number of hydrogen-bond donors (Lipinski definition) is 1. The van der Waals surface area contributed by atoms with Crippen LogP contribution in [-0.2, 0) is 25.5 Å². The molecular weight excluding hydrogens is 400 g/mol. The lowest BCUT2D eigenvalue weighted by atomic mass is 9.98. The van der Waals surface area contributed by atoms with Gasteiger partial charge in [0.15, 0.2) is 6.61 Å². The molecule has 1 heterocycles. The highest BCUT2D eigenvalue weighted by molar-refractivity contribution is 6.32. The van der Waals surface area contributed by atoms with Crippen LogP contribution >= 0.6 is 11.6 Å². The molecule has 0 radical (unpaired) electrons. The van der Waals surface area contributed by atoms with Crippen LogP contribution in [0.3, 0.4) is 0 Å². The number of ether oxygens (including phenoxy) is 2. The Bertz CT molecular complexity index is 991. The summed E-state index contributed by atoms with van der Waals surface area (Å²) in [6.45, 7) is -1.14. The molecule has 0 aliphatic carbocycles. The van der Waals surface area contributed by atoms with E-state index >= 15 is 0 Å². The number of carbonyl (C=O) groups excluding carboxylic acids is 4. The van der Waals surface area contributed by atoms with Crippen molar-refractivity contribution in [1.29, 1.82) is 0 Å². The van der Waals surface area contributed by atoms with Gasteiger partial charge in [0.1, 0.15) is 12.3 Å². The highest BCUT2D eigenvalue weighted by Gasteiger charge is 2.32. The number of imide groups is 1. The van der Waals surface area contributed by atoms with Gasteiger partial charge in [0.25, 0.3) is 11.8 Å². The number of nitrogens with zero attached hydrogens (tertiary/aromatic N) is 1. The summed E-state index contributed by atoms with van der Waals surface area (Å²) in [5, 5.41) is 2.83. The molecule has 0 spiro atoms. The van der Waals surface area contributed by atoms with Crippen LogP contribution in [0.25, 0.3) is 0 Å². The monoisotopic (exact) mass is 416 g/mol. The molecule has 3 rings (SSSR count). The minimum absolute atomic E-state index is 0.0217. The number of hydrogen-bond acceptors (Lipinski definition) is 6.